The lowest BCUT2D eigenvalue weighted by molar-refractivity contribution is -0.153. The van der Waals surface area contributed by atoms with Gasteiger partial charge in [0.05, 0.1) is 0 Å². The van der Waals surface area contributed by atoms with E-state index < -0.39 is 0 Å². The van der Waals surface area contributed by atoms with E-state index in [1.54, 1.807) is 0 Å². The quantitative estimate of drug-likeness (QED) is 0.485. The van der Waals surface area contributed by atoms with Crippen molar-refractivity contribution in [1.29, 1.82) is 0 Å². The van der Waals surface area contributed by atoms with E-state index in [-0.39, 0.29) is 12.1 Å². The van der Waals surface area contributed by atoms with Gasteiger partial charge in [0.15, 0.2) is 0 Å². The minimum atomic E-state index is 0.0280. The molecule has 17 heavy (non-hydrogen) atoms. The van der Waals surface area contributed by atoms with Crippen LogP contribution in [0, 0.1) is 5.92 Å². The van der Waals surface area contributed by atoms with E-state index >= 15 is 0 Å². The molecular formula is C15H28O2. The highest BCUT2D eigenvalue weighted by atomic mass is 16.5. The molecule has 0 bridgehead atoms. The summed E-state index contributed by atoms with van der Waals surface area (Å²) in [5.41, 5.74) is 0. The molecule has 100 valence electrons. The van der Waals surface area contributed by atoms with E-state index in [1.165, 1.54) is 44.9 Å². The van der Waals surface area contributed by atoms with Crippen LogP contribution in [0.5, 0.6) is 0 Å². The van der Waals surface area contributed by atoms with Crippen LogP contribution in [0.25, 0.3) is 0 Å². The van der Waals surface area contributed by atoms with E-state index in [4.69, 9.17) is 4.74 Å². The Morgan fingerprint density at radius 2 is 1.82 bits per heavy atom. The van der Waals surface area contributed by atoms with Crippen LogP contribution in [-0.2, 0) is 9.53 Å². The molecule has 0 heterocycles. The molecule has 1 aliphatic carbocycles. The van der Waals surface area contributed by atoms with Crippen LogP contribution in [0.1, 0.15) is 78.1 Å². The third kappa shape index (κ3) is 6.09. The fraction of sp³-hybridized carbons (Fsp3) is 0.933. The van der Waals surface area contributed by atoms with E-state index in [1.807, 2.05) is 0 Å². The van der Waals surface area contributed by atoms with Crippen LogP contribution >= 0.6 is 0 Å². The highest BCUT2D eigenvalue weighted by molar-refractivity contribution is 5.69. The second kappa shape index (κ2) is 8.54. The molecule has 0 amide bonds. The van der Waals surface area contributed by atoms with Crippen LogP contribution in [0.15, 0.2) is 0 Å². The molecule has 2 heteroatoms. The number of unbranched alkanes of at least 4 members (excludes halogenated alkanes) is 4. The molecule has 0 aromatic rings. The number of hydrogen-bond acceptors (Lipinski definition) is 2. The predicted octanol–water partition coefficient (Wildman–Crippen LogP) is 4.47. The normalized spacial score (nSPS) is 24.6. The molecule has 1 saturated carbocycles. The van der Waals surface area contributed by atoms with Gasteiger partial charge in [-0.15, -0.1) is 0 Å². The molecule has 0 spiro atoms. The zero-order valence-electron chi connectivity index (χ0n) is 11.5. The molecule has 0 N–H and O–H groups in total. The molecule has 2 nitrogen and oxygen atoms in total. The van der Waals surface area contributed by atoms with Crippen molar-refractivity contribution in [2.75, 3.05) is 0 Å². The van der Waals surface area contributed by atoms with Crippen LogP contribution in [-0.4, -0.2) is 12.1 Å². The number of esters is 1. The van der Waals surface area contributed by atoms with Crippen molar-refractivity contribution in [2.24, 2.45) is 5.92 Å². The van der Waals surface area contributed by atoms with Crippen molar-refractivity contribution >= 4 is 5.97 Å². The Kier molecular flexibility index (Phi) is 7.30. The van der Waals surface area contributed by atoms with E-state index in [0.717, 1.165) is 12.8 Å². The molecular weight excluding hydrogens is 212 g/mol. The maximum Gasteiger partial charge on any atom is 0.306 e. The smallest absolute Gasteiger partial charge is 0.306 e. The summed E-state index contributed by atoms with van der Waals surface area (Å²) in [5.74, 6) is 0.591. The lowest BCUT2D eigenvalue weighted by atomic mass is 9.88. The second-order valence-electron chi connectivity index (χ2n) is 5.45. The standard InChI is InChI=1S/C15H28O2/c1-3-4-5-6-7-12-15(16)17-14-11-9-8-10-13(14)2/h13-14H,3-12H2,1-2H3/t13-,14+/m0/s1. The first kappa shape index (κ1) is 14.5. The molecule has 0 radical (unpaired) electrons. The molecule has 0 aromatic carbocycles. The lowest BCUT2D eigenvalue weighted by Gasteiger charge is -2.28. The second-order valence-corrected chi connectivity index (χ2v) is 5.45. The van der Waals surface area contributed by atoms with Crippen molar-refractivity contribution in [1.82, 2.24) is 0 Å². The van der Waals surface area contributed by atoms with Gasteiger partial charge in [-0.3, -0.25) is 4.79 Å². The topological polar surface area (TPSA) is 26.3 Å². The maximum atomic E-state index is 11.7. The molecule has 1 fully saturated rings. The zero-order valence-corrected chi connectivity index (χ0v) is 11.5. The van der Waals surface area contributed by atoms with Gasteiger partial charge in [0.1, 0.15) is 6.10 Å². The van der Waals surface area contributed by atoms with Crippen LogP contribution < -0.4 is 0 Å². The first-order chi connectivity index (χ1) is 8.24. The summed E-state index contributed by atoms with van der Waals surface area (Å²) in [4.78, 5) is 11.7. The number of ether oxygens (including phenoxy) is 1. The summed E-state index contributed by atoms with van der Waals surface area (Å²) < 4.78 is 5.57. The third-order valence-corrected chi connectivity index (χ3v) is 3.80. The lowest BCUT2D eigenvalue weighted by Crippen LogP contribution is -2.28. The van der Waals surface area contributed by atoms with Crippen molar-refractivity contribution in [3.8, 4) is 0 Å². The minimum absolute atomic E-state index is 0.0280. The van der Waals surface area contributed by atoms with Gasteiger partial charge in [-0.1, -0.05) is 46.0 Å². The summed E-state index contributed by atoms with van der Waals surface area (Å²) >= 11 is 0. The Morgan fingerprint density at radius 3 is 2.53 bits per heavy atom. The number of carbonyl (C=O) groups excluding carboxylic acids is 1. The van der Waals surface area contributed by atoms with E-state index in [2.05, 4.69) is 13.8 Å². The number of hydrogen-bond donors (Lipinski definition) is 0. The van der Waals surface area contributed by atoms with Gasteiger partial charge in [-0.05, 0) is 31.6 Å². The zero-order chi connectivity index (χ0) is 12.5. The van der Waals surface area contributed by atoms with Crippen LogP contribution in [0.2, 0.25) is 0 Å². The first-order valence-corrected chi connectivity index (χ1v) is 7.43. The van der Waals surface area contributed by atoms with Gasteiger partial charge in [0, 0.05) is 6.42 Å². The average Bonchev–Trinajstić information content (AvgIpc) is 2.32. The van der Waals surface area contributed by atoms with Gasteiger partial charge >= 0.3 is 5.97 Å². The molecule has 0 saturated heterocycles. The Hall–Kier alpha value is -0.530. The molecule has 1 rings (SSSR count). The fourth-order valence-electron chi connectivity index (χ4n) is 2.56. The van der Waals surface area contributed by atoms with Gasteiger partial charge < -0.3 is 4.74 Å². The minimum Gasteiger partial charge on any atom is -0.462 e. The number of carbonyl (C=O) groups is 1. The summed E-state index contributed by atoms with van der Waals surface area (Å²) in [6.07, 6.45) is 11.6. The molecule has 0 unspecified atom stereocenters. The van der Waals surface area contributed by atoms with Crippen molar-refractivity contribution in [3.05, 3.63) is 0 Å². The Morgan fingerprint density at radius 1 is 1.12 bits per heavy atom. The van der Waals surface area contributed by atoms with Gasteiger partial charge in [0.2, 0.25) is 0 Å². The highest BCUT2D eigenvalue weighted by Gasteiger charge is 2.24. The first-order valence-electron chi connectivity index (χ1n) is 7.43. The molecule has 2 atom stereocenters. The summed E-state index contributed by atoms with van der Waals surface area (Å²) in [5, 5.41) is 0. The molecule has 1 aliphatic rings. The van der Waals surface area contributed by atoms with E-state index in [0.29, 0.717) is 12.3 Å². The fourth-order valence-corrected chi connectivity index (χ4v) is 2.56. The maximum absolute atomic E-state index is 11.7. The van der Waals surface area contributed by atoms with Gasteiger partial charge in [-0.2, -0.15) is 0 Å². The monoisotopic (exact) mass is 240 g/mol. The number of rotatable bonds is 7. The Bertz CT molecular complexity index is 213. The largest absolute Gasteiger partial charge is 0.462 e. The van der Waals surface area contributed by atoms with E-state index in [9.17, 15) is 4.79 Å². The van der Waals surface area contributed by atoms with Crippen molar-refractivity contribution in [2.45, 2.75) is 84.2 Å². The third-order valence-electron chi connectivity index (χ3n) is 3.80. The molecule has 0 aromatic heterocycles. The van der Waals surface area contributed by atoms with Crippen LogP contribution in [0.4, 0.5) is 0 Å². The van der Waals surface area contributed by atoms with Gasteiger partial charge in [-0.25, -0.2) is 0 Å². The Balaban J connectivity index is 2.07. The van der Waals surface area contributed by atoms with Crippen LogP contribution in [0.3, 0.4) is 0 Å². The average molecular weight is 240 g/mol. The summed E-state index contributed by atoms with van der Waals surface area (Å²) in [6.45, 7) is 4.41. The Labute approximate surface area is 106 Å². The molecule has 0 aliphatic heterocycles. The highest BCUT2D eigenvalue weighted by Crippen LogP contribution is 2.26. The van der Waals surface area contributed by atoms with Crippen molar-refractivity contribution in [3.63, 3.8) is 0 Å². The van der Waals surface area contributed by atoms with Crippen molar-refractivity contribution < 1.29 is 9.53 Å². The van der Waals surface area contributed by atoms with Gasteiger partial charge in [0.25, 0.3) is 0 Å². The summed E-state index contributed by atoms with van der Waals surface area (Å²) in [7, 11) is 0. The predicted molar refractivity (Wildman–Crippen MR) is 70.9 cm³/mol. The SMILES string of the molecule is CCCCCCCC(=O)O[C@@H]1CCCC[C@@H]1C. The summed E-state index contributed by atoms with van der Waals surface area (Å²) in [6, 6.07) is 0.